The minimum Gasteiger partial charge on any atom is -0.469 e. The van der Waals surface area contributed by atoms with Gasteiger partial charge in [-0.2, -0.15) is 0 Å². The number of hydrogen-bond acceptors (Lipinski definition) is 4. The van der Waals surface area contributed by atoms with Gasteiger partial charge >= 0.3 is 11.6 Å². The number of fused-ring (bicyclic) bond motifs is 5. The summed E-state index contributed by atoms with van der Waals surface area (Å²) >= 11 is 0. The van der Waals surface area contributed by atoms with Gasteiger partial charge in [-0.25, -0.2) is 4.79 Å². The SMILES string of the molecule is COC(=O)C1c2ccccc2-c2oc(=O)c3ccccc3c2C1c1ccccc1. The van der Waals surface area contributed by atoms with Crippen LogP contribution in [0.2, 0.25) is 0 Å². The first kappa shape index (κ1) is 17.4. The van der Waals surface area contributed by atoms with Crippen LogP contribution in [-0.2, 0) is 9.53 Å². The first-order valence-corrected chi connectivity index (χ1v) is 9.48. The zero-order valence-electron chi connectivity index (χ0n) is 15.8. The molecule has 0 saturated carbocycles. The van der Waals surface area contributed by atoms with E-state index in [2.05, 4.69) is 0 Å². The Morgan fingerprint density at radius 1 is 0.862 bits per heavy atom. The summed E-state index contributed by atoms with van der Waals surface area (Å²) in [6.45, 7) is 0. The van der Waals surface area contributed by atoms with E-state index in [1.807, 2.05) is 72.8 Å². The molecule has 1 aromatic heterocycles. The van der Waals surface area contributed by atoms with Crippen LogP contribution in [0.25, 0.3) is 22.1 Å². The molecular weight excluding hydrogens is 364 g/mol. The molecule has 0 amide bonds. The minimum atomic E-state index is -0.540. The maximum absolute atomic E-state index is 13.0. The van der Waals surface area contributed by atoms with Gasteiger partial charge in [0.25, 0.3) is 0 Å². The lowest BCUT2D eigenvalue weighted by atomic mass is 9.69. The van der Waals surface area contributed by atoms with Crippen LogP contribution in [0, 0.1) is 0 Å². The summed E-state index contributed by atoms with van der Waals surface area (Å²) in [4.78, 5) is 25.7. The van der Waals surface area contributed by atoms with E-state index in [-0.39, 0.29) is 17.5 Å². The Bertz CT molecular complexity index is 1290. The van der Waals surface area contributed by atoms with Crippen molar-refractivity contribution in [3.05, 3.63) is 106 Å². The number of carbonyl (C=O) groups is 1. The highest BCUT2D eigenvalue weighted by Crippen LogP contribution is 2.51. The van der Waals surface area contributed by atoms with E-state index >= 15 is 0 Å². The normalized spacial score (nSPS) is 17.4. The molecule has 2 unspecified atom stereocenters. The van der Waals surface area contributed by atoms with Crippen molar-refractivity contribution in [3.63, 3.8) is 0 Å². The highest BCUT2D eigenvalue weighted by molar-refractivity contribution is 5.95. The maximum Gasteiger partial charge on any atom is 0.344 e. The lowest BCUT2D eigenvalue weighted by Gasteiger charge is -2.34. The Balaban J connectivity index is 1.96. The second kappa shape index (κ2) is 6.74. The fourth-order valence-corrected chi connectivity index (χ4v) is 4.46. The van der Waals surface area contributed by atoms with Crippen LogP contribution in [0.15, 0.2) is 88.1 Å². The van der Waals surface area contributed by atoms with Crippen molar-refractivity contribution < 1.29 is 13.9 Å². The Labute approximate surface area is 167 Å². The Morgan fingerprint density at radius 2 is 1.52 bits per heavy atom. The van der Waals surface area contributed by atoms with E-state index in [1.165, 1.54) is 7.11 Å². The number of esters is 1. The molecule has 29 heavy (non-hydrogen) atoms. The van der Waals surface area contributed by atoms with Gasteiger partial charge < -0.3 is 9.15 Å². The summed E-state index contributed by atoms with van der Waals surface area (Å²) in [5, 5.41) is 1.31. The summed E-state index contributed by atoms with van der Waals surface area (Å²) in [5.74, 6) is -0.657. The van der Waals surface area contributed by atoms with Crippen LogP contribution in [0.5, 0.6) is 0 Å². The summed E-state index contributed by atoms with van der Waals surface area (Å²) in [6.07, 6.45) is 0. The molecule has 1 aliphatic rings. The Morgan fingerprint density at radius 3 is 2.28 bits per heavy atom. The quantitative estimate of drug-likeness (QED) is 0.465. The number of rotatable bonds is 2. The average Bonchev–Trinajstić information content (AvgIpc) is 2.78. The van der Waals surface area contributed by atoms with Crippen molar-refractivity contribution in [1.82, 2.24) is 0 Å². The summed E-state index contributed by atoms with van der Waals surface area (Å²) in [7, 11) is 1.41. The van der Waals surface area contributed by atoms with Crippen molar-refractivity contribution in [2.24, 2.45) is 0 Å². The molecule has 4 heteroatoms. The van der Waals surface area contributed by atoms with Gasteiger partial charge in [0, 0.05) is 17.0 Å². The summed E-state index contributed by atoms with van der Waals surface area (Å²) in [6, 6.07) is 24.8. The average molecular weight is 382 g/mol. The largest absolute Gasteiger partial charge is 0.469 e. The summed E-state index contributed by atoms with van der Waals surface area (Å²) in [5.41, 5.74) is 3.00. The van der Waals surface area contributed by atoms with Crippen LogP contribution < -0.4 is 5.63 Å². The molecule has 0 spiro atoms. The standard InChI is InChI=1S/C25H18O4/c1-28-25(27)22-16-11-5-7-13-18(16)23-21(20(22)15-9-3-2-4-10-15)17-12-6-8-14-19(17)24(26)29-23/h2-14,20,22H,1H3. The molecule has 3 aromatic carbocycles. The van der Waals surface area contributed by atoms with Gasteiger partial charge in [0.1, 0.15) is 5.76 Å². The summed E-state index contributed by atoms with van der Waals surface area (Å²) < 4.78 is 11.1. The fraction of sp³-hybridized carbons (Fsp3) is 0.120. The van der Waals surface area contributed by atoms with Gasteiger partial charge in [-0.05, 0) is 22.6 Å². The van der Waals surface area contributed by atoms with Crippen molar-refractivity contribution in [3.8, 4) is 11.3 Å². The van der Waals surface area contributed by atoms with Crippen molar-refractivity contribution in [1.29, 1.82) is 0 Å². The molecule has 1 aliphatic carbocycles. The number of benzene rings is 3. The molecule has 0 fully saturated rings. The lowest BCUT2D eigenvalue weighted by molar-refractivity contribution is -0.142. The van der Waals surface area contributed by atoms with Gasteiger partial charge in [-0.15, -0.1) is 0 Å². The molecule has 0 saturated heterocycles. The zero-order valence-corrected chi connectivity index (χ0v) is 15.8. The van der Waals surface area contributed by atoms with Crippen molar-refractivity contribution in [2.45, 2.75) is 11.8 Å². The Hall–Kier alpha value is -3.66. The molecule has 4 nitrogen and oxygen atoms in total. The number of carbonyl (C=O) groups excluding carboxylic acids is 1. The van der Waals surface area contributed by atoms with E-state index < -0.39 is 5.92 Å². The first-order valence-electron chi connectivity index (χ1n) is 9.48. The minimum absolute atomic E-state index is 0.313. The zero-order chi connectivity index (χ0) is 20.0. The second-order valence-electron chi connectivity index (χ2n) is 7.15. The molecule has 0 bridgehead atoms. The second-order valence-corrected chi connectivity index (χ2v) is 7.15. The molecule has 2 atom stereocenters. The van der Waals surface area contributed by atoms with E-state index in [0.717, 1.165) is 27.6 Å². The van der Waals surface area contributed by atoms with Gasteiger partial charge in [0.2, 0.25) is 0 Å². The Kier molecular flexibility index (Phi) is 4.06. The predicted octanol–water partition coefficient (Wildman–Crippen LogP) is 4.86. The first-order chi connectivity index (χ1) is 14.2. The van der Waals surface area contributed by atoms with Gasteiger partial charge in [-0.3, -0.25) is 4.79 Å². The van der Waals surface area contributed by atoms with Gasteiger partial charge in [-0.1, -0.05) is 72.8 Å². The van der Waals surface area contributed by atoms with E-state index in [0.29, 0.717) is 11.1 Å². The lowest BCUT2D eigenvalue weighted by Crippen LogP contribution is -2.27. The molecule has 5 rings (SSSR count). The smallest absolute Gasteiger partial charge is 0.344 e. The van der Waals surface area contributed by atoms with Crippen LogP contribution in [-0.4, -0.2) is 13.1 Å². The third-order valence-corrected chi connectivity index (χ3v) is 5.68. The van der Waals surface area contributed by atoms with Crippen LogP contribution in [0.4, 0.5) is 0 Å². The fourth-order valence-electron chi connectivity index (χ4n) is 4.46. The van der Waals surface area contributed by atoms with Crippen molar-refractivity contribution in [2.75, 3.05) is 7.11 Å². The van der Waals surface area contributed by atoms with E-state index in [9.17, 15) is 9.59 Å². The number of methoxy groups -OCH3 is 1. The van der Waals surface area contributed by atoms with Crippen molar-refractivity contribution >= 4 is 16.7 Å². The molecule has 142 valence electrons. The molecular formula is C25H18O4. The van der Waals surface area contributed by atoms with Crippen LogP contribution in [0.1, 0.15) is 28.5 Å². The van der Waals surface area contributed by atoms with E-state index in [1.54, 1.807) is 6.07 Å². The number of ether oxygens (including phenoxy) is 1. The number of hydrogen-bond donors (Lipinski definition) is 0. The monoisotopic (exact) mass is 382 g/mol. The predicted molar refractivity (Wildman–Crippen MR) is 111 cm³/mol. The van der Waals surface area contributed by atoms with Crippen LogP contribution >= 0.6 is 0 Å². The highest BCUT2D eigenvalue weighted by atomic mass is 16.5. The molecule has 4 aromatic rings. The maximum atomic E-state index is 13.0. The highest BCUT2D eigenvalue weighted by Gasteiger charge is 2.42. The van der Waals surface area contributed by atoms with Gasteiger partial charge in [0.15, 0.2) is 0 Å². The third kappa shape index (κ3) is 2.60. The third-order valence-electron chi connectivity index (χ3n) is 5.68. The topological polar surface area (TPSA) is 56.5 Å². The molecule has 0 N–H and O–H groups in total. The molecule has 1 heterocycles. The molecule has 0 radical (unpaired) electrons. The molecule has 0 aliphatic heterocycles. The van der Waals surface area contributed by atoms with Gasteiger partial charge in [0.05, 0.1) is 18.4 Å². The van der Waals surface area contributed by atoms with E-state index in [4.69, 9.17) is 9.15 Å². The van der Waals surface area contributed by atoms with Crippen LogP contribution in [0.3, 0.4) is 0 Å².